The average Bonchev–Trinajstić information content (AvgIpc) is 2.72. The van der Waals surface area contributed by atoms with Crippen LogP contribution in [0, 0.1) is 6.92 Å². The van der Waals surface area contributed by atoms with Crippen LogP contribution in [0.3, 0.4) is 0 Å². The molecule has 2 heterocycles. The van der Waals surface area contributed by atoms with E-state index in [0.717, 1.165) is 0 Å². The Bertz CT molecular complexity index is 378. The van der Waals surface area contributed by atoms with E-state index in [-0.39, 0.29) is 0 Å². The summed E-state index contributed by atoms with van der Waals surface area (Å²) in [5, 5.41) is 6.72. The van der Waals surface area contributed by atoms with E-state index in [1.54, 1.807) is 6.92 Å². The van der Waals surface area contributed by atoms with Crippen LogP contribution in [0.2, 0.25) is 0 Å². The summed E-state index contributed by atoms with van der Waals surface area (Å²) in [4.78, 5) is 4.04. The summed E-state index contributed by atoms with van der Waals surface area (Å²) in [5.74, 6) is 0.639. The molecule has 5 nitrogen and oxygen atoms in total. The van der Waals surface area contributed by atoms with Gasteiger partial charge in [-0.3, -0.25) is 0 Å². The van der Waals surface area contributed by atoms with Gasteiger partial charge in [0.1, 0.15) is 0 Å². The molecule has 0 unspecified atom stereocenters. The summed E-state index contributed by atoms with van der Waals surface area (Å²) in [5.41, 5.74) is 1.18. The maximum absolute atomic E-state index is 4.91. The fourth-order valence-electron chi connectivity index (χ4n) is 1.21. The molecule has 0 aromatic carbocycles. The molecule has 0 atom stereocenters. The van der Waals surface area contributed by atoms with Crippen molar-refractivity contribution < 1.29 is 4.52 Å². The summed E-state index contributed by atoms with van der Waals surface area (Å²) >= 11 is 0. The van der Waals surface area contributed by atoms with Gasteiger partial charge in [-0.2, -0.15) is 4.98 Å². The van der Waals surface area contributed by atoms with Crippen LogP contribution in [0.1, 0.15) is 11.4 Å². The lowest BCUT2D eigenvalue weighted by Crippen LogP contribution is -1.98. The van der Waals surface area contributed by atoms with E-state index in [1.165, 1.54) is 5.56 Å². The lowest BCUT2D eigenvalue weighted by molar-refractivity contribution is 0.425. The van der Waals surface area contributed by atoms with E-state index in [0.29, 0.717) is 18.4 Å². The zero-order chi connectivity index (χ0) is 9.97. The molecule has 0 aliphatic carbocycles. The summed E-state index contributed by atoms with van der Waals surface area (Å²) in [6.45, 7) is 2.49. The van der Waals surface area contributed by atoms with Crippen molar-refractivity contribution in [1.82, 2.24) is 14.7 Å². The van der Waals surface area contributed by atoms with Gasteiger partial charge in [-0.15, -0.1) is 0 Å². The van der Waals surface area contributed by atoms with E-state index in [1.807, 2.05) is 30.1 Å². The second kappa shape index (κ2) is 3.53. The third-order valence-corrected chi connectivity index (χ3v) is 1.86. The second-order valence-electron chi connectivity index (χ2n) is 3.19. The Balaban J connectivity index is 1.94. The molecule has 0 radical (unpaired) electrons. The predicted octanol–water partition coefficient (Wildman–Crippen LogP) is 1.33. The number of rotatable bonds is 3. The molecule has 0 aliphatic heterocycles. The molecule has 0 saturated carbocycles. The molecule has 0 spiro atoms. The summed E-state index contributed by atoms with van der Waals surface area (Å²) in [7, 11) is 1.99. The molecule has 2 rings (SSSR count). The standard InChI is InChI=1S/C9H12N4O/c1-7-11-9(14-12-7)10-5-8-3-4-13(2)6-8/h3-4,6H,5H2,1-2H3,(H,10,11,12). The minimum Gasteiger partial charge on any atom is -0.357 e. The van der Waals surface area contributed by atoms with Crippen molar-refractivity contribution in [2.24, 2.45) is 7.05 Å². The molecule has 5 heteroatoms. The van der Waals surface area contributed by atoms with Gasteiger partial charge in [0.2, 0.25) is 0 Å². The molecular weight excluding hydrogens is 180 g/mol. The molecule has 2 aromatic heterocycles. The Labute approximate surface area is 81.7 Å². The first-order chi connectivity index (χ1) is 6.74. The number of nitrogens with zero attached hydrogens (tertiary/aromatic N) is 3. The normalized spacial score (nSPS) is 10.4. The number of hydrogen-bond acceptors (Lipinski definition) is 4. The quantitative estimate of drug-likeness (QED) is 0.797. The number of nitrogens with one attached hydrogen (secondary N) is 1. The molecule has 0 fully saturated rings. The van der Waals surface area contributed by atoms with Gasteiger partial charge in [0, 0.05) is 26.0 Å². The van der Waals surface area contributed by atoms with E-state index >= 15 is 0 Å². The van der Waals surface area contributed by atoms with Gasteiger partial charge < -0.3 is 14.4 Å². The maximum Gasteiger partial charge on any atom is 0.321 e. The second-order valence-corrected chi connectivity index (χ2v) is 3.19. The Morgan fingerprint density at radius 1 is 1.57 bits per heavy atom. The summed E-state index contributed by atoms with van der Waals surface area (Å²) in [6.07, 6.45) is 4.03. The molecule has 14 heavy (non-hydrogen) atoms. The fraction of sp³-hybridized carbons (Fsp3) is 0.333. The highest BCUT2D eigenvalue weighted by Crippen LogP contribution is 2.06. The van der Waals surface area contributed by atoms with Crippen LogP contribution in [-0.4, -0.2) is 14.7 Å². The third kappa shape index (κ3) is 1.93. The van der Waals surface area contributed by atoms with E-state index in [4.69, 9.17) is 4.52 Å². The summed E-state index contributed by atoms with van der Waals surface area (Å²) in [6, 6.07) is 2.50. The first-order valence-electron chi connectivity index (χ1n) is 4.39. The van der Waals surface area contributed by atoms with Crippen LogP contribution in [0.25, 0.3) is 0 Å². The Morgan fingerprint density at radius 2 is 2.43 bits per heavy atom. The monoisotopic (exact) mass is 192 g/mol. The summed E-state index contributed by atoms with van der Waals surface area (Å²) < 4.78 is 6.91. The van der Waals surface area contributed by atoms with Crippen molar-refractivity contribution in [2.75, 3.05) is 5.32 Å². The molecule has 0 amide bonds. The first kappa shape index (κ1) is 8.80. The van der Waals surface area contributed by atoms with Crippen LogP contribution < -0.4 is 5.32 Å². The number of aryl methyl sites for hydroxylation is 2. The minimum absolute atomic E-state index is 0.464. The number of aromatic nitrogens is 3. The van der Waals surface area contributed by atoms with Gasteiger partial charge in [0.25, 0.3) is 0 Å². The zero-order valence-corrected chi connectivity index (χ0v) is 8.19. The van der Waals surface area contributed by atoms with E-state index in [9.17, 15) is 0 Å². The molecular formula is C9H12N4O. The molecule has 0 bridgehead atoms. The van der Waals surface area contributed by atoms with Gasteiger partial charge >= 0.3 is 6.01 Å². The average molecular weight is 192 g/mol. The molecule has 0 aliphatic rings. The molecule has 2 aromatic rings. The van der Waals surface area contributed by atoms with Gasteiger partial charge in [-0.25, -0.2) is 0 Å². The van der Waals surface area contributed by atoms with Gasteiger partial charge in [0.15, 0.2) is 5.82 Å². The van der Waals surface area contributed by atoms with Gasteiger partial charge in [0.05, 0.1) is 0 Å². The van der Waals surface area contributed by atoms with Crippen molar-refractivity contribution in [1.29, 1.82) is 0 Å². The van der Waals surface area contributed by atoms with Gasteiger partial charge in [-0.1, -0.05) is 5.16 Å². The topological polar surface area (TPSA) is 55.9 Å². The lowest BCUT2D eigenvalue weighted by atomic mass is 10.3. The van der Waals surface area contributed by atoms with E-state index in [2.05, 4.69) is 15.5 Å². The highest BCUT2D eigenvalue weighted by Gasteiger charge is 2.01. The van der Waals surface area contributed by atoms with Crippen LogP contribution in [-0.2, 0) is 13.6 Å². The van der Waals surface area contributed by atoms with Crippen LogP contribution in [0.4, 0.5) is 6.01 Å². The minimum atomic E-state index is 0.464. The SMILES string of the molecule is Cc1noc(NCc2ccn(C)c2)n1. The Kier molecular flexibility index (Phi) is 2.22. The Morgan fingerprint density at radius 3 is 3.00 bits per heavy atom. The van der Waals surface area contributed by atoms with Crippen molar-refractivity contribution in [2.45, 2.75) is 13.5 Å². The number of anilines is 1. The fourth-order valence-corrected chi connectivity index (χ4v) is 1.21. The highest BCUT2D eigenvalue weighted by atomic mass is 16.5. The maximum atomic E-state index is 4.91. The van der Waals surface area contributed by atoms with Crippen molar-refractivity contribution in [3.8, 4) is 0 Å². The largest absolute Gasteiger partial charge is 0.357 e. The van der Waals surface area contributed by atoms with Crippen molar-refractivity contribution in [3.63, 3.8) is 0 Å². The smallest absolute Gasteiger partial charge is 0.321 e. The molecule has 1 N–H and O–H groups in total. The lowest BCUT2D eigenvalue weighted by Gasteiger charge is -1.96. The zero-order valence-electron chi connectivity index (χ0n) is 8.19. The molecule has 74 valence electrons. The van der Waals surface area contributed by atoms with Crippen molar-refractivity contribution in [3.05, 3.63) is 29.8 Å². The van der Waals surface area contributed by atoms with Crippen LogP contribution >= 0.6 is 0 Å². The van der Waals surface area contributed by atoms with Crippen LogP contribution in [0.5, 0.6) is 0 Å². The van der Waals surface area contributed by atoms with Gasteiger partial charge in [-0.05, 0) is 18.6 Å². The van der Waals surface area contributed by atoms with Crippen molar-refractivity contribution >= 4 is 6.01 Å². The molecule has 0 saturated heterocycles. The first-order valence-corrected chi connectivity index (χ1v) is 4.39. The highest BCUT2D eigenvalue weighted by molar-refractivity contribution is 5.22. The van der Waals surface area contributed by atoms with E-state index < -0.39 is 0 Å². The Hall–Kier alpha value is -1.78. The van der Waals surface area contributed by atoms with Crippen LogP contribution in [0.15, 0.2) is 23.0 Å². The predicted molar refractivity (Wildman–Crippen MR) is 51.8 cm³/mol. The number of hydrogen-bond donors (Lipinski definition) is 1. The third-order valence-electron chi connectivity index (χ3n) is 1.86.